The number of ether oxygens (including phenoxy) is 1. The minimum atomic E-state index is -2.76. The van der Waals surface area contributed by atoms with Gasteiger partial charge in [0.25, 0.3) is 0 Å². The van der Waals surface area contributed by atoms with Gasteiger partial charge in [-0.3, -0.25) is 0 Å². The Bertz CT molecular complexity index is 388. The number of hydrogen-bond donors (Lipinski definition) is 1. The zero-order valence-corrected chi connectivity index (χ0v) is 12.0. The van der Waals surface area contributed by atoms with E-state index < -0.39 is 9.84 Å². The average Bonchev–Trinajstić information content (AvgIpc) is 2.28. The average molecular weight is 274 g/mol. The summed E-state index contributed by atoms with van der Waals surface area (Å²) in [6.07, 6.45) is 2.77. The number of hydrogen-bond acceptors (Lipinski definition) is 4. The molecule has 1 rings (SSSR count). The summed E-state index contributed by atoms with van der Waals surface area (Å²) in [5, 5.41) is 8.76. The van der Waals surface area contributed by atoms with E-state index in [9.17, 15) is 8.42 Å². The highest BCUT2D eigenvalue weighted by Crippen LogP contribution is 2.07. The second kappa shape index (κ2) is 8.94. The number of methoxy groups -OCH3 is 1. The fourth-order valence-corrected chi connectivity index (χ4v) is 1.88. The molecule has 1 aromatic carbocycles. The summed E-state index contributed by atoms with van der Waals surface area (Å²) in [6.45, 7) is 2.63. The molecule has 0 saturated heterocycles. The van der Waals surface area contributed by atoms with Gasteiger partial charge in [0.05, 0.1) is 0 Å². The van der Waals surface area contributed by atoms with E-state index in [0.29, 0.717) is 18.8 Å². The van der Waals surface area contributed by atoms with Gasteiger partial charge in [-0.05, 0) is 31.9 Å². The van der Waals surface area contributed by atoms with Gasteiger partial charge in [0.15, 0.2) is 0 Å². The van der Waals surface area contributed by atoms with E-state index >= 15 is 0 Å². The molecule has 0 bridgehead atoms. The zero-order chi connectivity index (χ0) is 14.0. The Morgan fingerprint density at radius 2 is 1.72 bits per heavy atom. The van der Waals surface area contributed by atoms with Crippen LogP contribution in [-0.2, 0) is 14.6 Å². The first-order valence-corrected chi connectivity index (χ1v) is 7.83. The third kappa shape index (κ3) is 11.4. The smallest absolute Gasteiger partial charge is 0.147 e. The van der Waals surface area contributed by atoms with Crippen molar-refractivity contribution in [1.29, 1.82) is 0 Å². The Hall–Kier alpha value is -1.07. The van der Waals surface area contributed by atoms with Crippen LogP contribution in [0.15, 0.2) is 24.3 Å². The number of unbranched alkanes of at least 4 members (excludes halogenated alkanes) is 1. The number of phenols is 1. The van der Waals surface area contributed by atoms with Crippen molar-refractivity contribution in [1.82, 2.24) is 0 Å². The first kappa shape index (κ1) is 16.9. The third-order valence-corrected chi connectivity index (χ3v) is 3.18. The maximum Gasteiger partial charge on any atom is 0.147 e. The van der Waals surface area contributed by atoms with Crippen LogP contribution < -0.4 is 0 Å². The lowest BCUT2D eigenvalue weighted by atomic mass is 10.2. The van der Waals surface area contributed by atoms with E-state index in [-0.39, 0.29) is 5.75 Å². The Balaban J connectivity index is 0.000000327. The van der Waals surface area contributed by atoms with Crippen molar-refractivity contribution < 1.29 is 18.3 Å². The van der Waals surface area contributed by atoms with Crippen LogP contribution in [0.4, 0.5) is 0 Å². The molecule has 0 aliphatic carbocycles. The van der Waals surface area contributed by atoms with Gasteiger partial charge < -0.3 is 9.84 Å². The van der Waals surface area contributed by atoms with Crippen LogP contribution in [0.25, 0.3) is 0 Å². The summed E-state index contributed by atoms with van der Waals surface area (Å²) in [7, 11) is -1.15. The van der Waals surface area contributed by atoms with Gasteiger partial charge in [-0.2, -0.15) is 0 Å². The summed E-state index contributed by atoms with van der Waals surface area (Å²) >= 11 is 0. The molecule has 0 amide bonds. The molecule has 0 fully saturated rings. The molecule has 18 heavy (non-hydrogen) atoms. The van der Waals surface area contributed by atoms with E-state index in [1.165, 1.54) is 11.8 Å². The summed E-state index contributed by atoms with van der Waals surface area (Å²) in [5.74, 6) is 0.603. The molecule has 1 aromatic rings. The molecule has 1 N–H and O–H groups in total. The van der Waals surface area contributed by atoms with Crippen molar-refractivity contribution in [3.63, 3.8) is 0 Å². The summed E-state index contributed by atoms with van der Waals surface area (Å²) in [4.78, 5) is 0. The molecule has 0 unspecified atom stereocenters. The lowest BCUT2D eigenvalue weighted by Gasteiger charge is -1.97. The minimum Gasteiger partial charge on any atom is -0.508 e. The Labute approximate surface area is 110 Å². The van der Waals surface area contributed by atoms with Gasteiger partial charge in [0.2, 0.25) is 0 Å². The number of aryl methyl sites for hydroxylation is 1. The Morgan fingerprint density at radius 3 is 2.11 bits per heavy atom. The quantitative estimate of drug-likeness (QED) is 0.836. The van der Waals surface area contributed by atoms with Crippen LogP contribution in [0.2, 0.25) is 0 Å². The second-order valence-electron chi connectivity index (χ2n) is 4.17. The van der Waals surface area contributed by atoms with Crippen molar-refractivity contribution in [3.05, 3.63) is 29.8 Å². The van der Waals surface area contributed by atoms with Crippen LogP contribution in [0.5, 0.6) is 5.75 Å². The maximum atomic E-state index is 10.6. The molecule has 0 radical (unpaired) electrons. The van der Waals surface area contributed by atoms with Crippen LogP contribution in [0, 0.1) is 6.92 Å². The maximum absolute atomic E-state index is 10.6. The molecule has 0 aliphatic heterocycles. The van der Waals surface area contributed by atoms with Crippen molar-refractivity contribution in [2.24, 2.45) is 0 Å². The molecule has 0 heterocycles. The zero-order valence-electron chi connectivity index (χ0n) is 11.2. The van der Waals surface area contributed by atoms with E-state index in [2.05, 4.69) is 0 Å². The molecule has 0 saturated carbocycles. The molecule has 0 aliphatic rings. The molecule has 0 atom stereocenters. The van der Waals surface area contributed by atoms with E-state index in [1.54, 1.807) is 19.2 Å². The SMILES string of the molecule is COCCCCS(C)(=O)=O.Cc1ccc(O)cc1. The van der Waals surface area contributed by atoms with Gasteiger partial charge in [0, 0.05) is 25.7 Å². The molecular weight excluding hydrogens is 252 g/mol. The predicted molar refractivity (Wildman–Crippen MR) is 73.7 cm³/mol. The summed E-state index contributed by atoms with van der Waals surface area (Å²) in [5.41, 5.74) is 1.17. The lowest BCUT2D eigenvalue weighted by molar-refractivity contribution is 0.194. The number of benzene rings is 1. The van der Waals surface area contributed by atoms with Crippen molar-refractivity contribution >= 4 is 9.84 Å². The molecule has 0 spiro atoms. The molecular formula is C13H22O4S. The molecule has 4 nitrogen and oxygen atoms in total. The molecule has 104 valence electrons. The monoisotopic (exact) mass is 274 g/mol. The largest absolute Gasteiger partial charge is 0.508 e. The summed E-state index contributed by atoms with van der Waals surface area (Å²) in [6, 6.07) is 7.09. The number of phenolic OH excluding ortho intramolecular Hbond substituents is 1. The highest BCUT2D eigenvalue weighted by atomic mass is 32.2. The van der Waals surface area contributed by atoms with Gasteiger partial charge in [0.1, 0.15) is 15.6 Å². The number of sulfone groups is 1. The van der Waals surface area contributed by atoms with Crippen LogP contribution in [0.1, 0.15) is 18.4 Å². The van der Waals surface area contributed by atoms with Crippen LogP contribution in [-0.4, -0.2) is 39.2 Å². The highest BCUT2D eigenvalue weighted by Gasteiger charge is 1.99. The predicted octanol–water partition coefficient (Wildman–Crippen LogP) is 2.16. The fraction of sp³-hybridized carbons (Fsp3) is 0.538. The van der Waals surface area contributed by atoms with Crippen molar-refractivity contribution in [2.45, 2.75) is 19.8 Å². The lowest BCUT2D eigenvalue weighted by Crippen LogP contribution is -2.03. The molecule has 0 aromatic heterocycles. The first-order chi connectivity index (χ1) is 8.35. The van der Waals surface area contributed by atoms with Crippen molar-refractivity contribution in [3.8, 4) is 5.75 Å². The van der Waals surface area contributed by atoms with Gasteiger partial charge in [-0.15, -0.1) is 0 Å². The Kier molecular flexibility index (Phi) is 8.41. The molecule has 5 heteroatoms. The van der Waals surface area contributed by atoms with Crippen LogP contribution in [0.3, 0.4) is 0 Å². The Morgan fingerprint density at radius 1 is 1.17 bits per heavy atom. The van der Waals surface area contributed by atoms with Gasteiger partial charge in [-0.25, -0.2) is 8.42 Å². The third-order valence-electron chi connectivity index (χ3n) is 2.15. The first-order valence-electron chi connectivity index (χ1n) is 5.77. The van der Waals surface area contributed by atoms with E-state index in [4.69, 9.17) is 9.84 Å². The fourth-order valence-electron chi connectivity index (χ4n) is 1.16. The number of rotatable bonds is 5. The minimum absolute atomic E-state index is 0.274. The van der Waals surface area contributed by atoms with E-state index in [1.807, 2.05) is 19.1 Å². The van der Waals surface area contributed by atoms with E-state index in [0.717, 1.165) is 6.42 Å². The second-order valence-corrected chi connectivity index (χ2v) is 6.43. The summed E-state index contributed by atoms with van der Waals surface area (Å²) < 4.78 is 25.9. The van der Waals surface area contributed by atoms with Gasteiger partial charge >= 0.3 is 0 Å². The standard InChI is InChI=1S/C7H8O.C6H14O3S/c1-6-2-4-7(8)5-3-6;1-9-5-3-4-6-10(2,7)8/h2-5,8H,1H3;3-6H2,1-2H3. The van der Waals surface area contributed by atoms with Crippen molar-refractivity contribution in [2.75, 3.05) is 25.7 Å². The normalized spacial score (nSPS) is 10.6. The topological polar surface area (TPSA) is 63.6 Å². The highest BCUT2D eigenvalue weighted by molar-refractivity contribution is 7.90. The van der Waals surface area contributed by atoms with Gasteiger partial charge in [-0.1, -0.05) is 17.7 Å². The number of aromatic hydroxyl groups is 1. The van der Waals surface area contributed by atoms with Crippen LogP contribution >= 0.6 is 0 Å².